The number of carbonyl (C=O) groups excluding carboxylic acids is 3. The monoisotopic (exact) mass is 502 g/mol. The Balaban J connectivity index is 1.99. The van der Waals surface area contributed by atoms with Crippen molar-refractivity contribution in [2.75, 3.05) is 25.2 Å². The molecule has 1 aliphatic rings. The fraction of sp³-hybridized carbons (Fsp3) is 0.261. The molecule has 0 aliphatic carbocycles. The van der Waals surface area contributed by atoms with Crippen molar-refractivity contribution in [3.8, 4) is 17.2 Å². The third kappa shape index (κ3) is 4.94. The van der Waals surface area contributed by atoms with E-state index in [9.17, 15) is 14.4 Å². The molecule has 0 radical (unpaired) electrons. The van der Waals surface area contributed by atoms with Crippen molar-refractivity contribution in [1.82, 2.24) is 5.32 Å². The number of carbonyl (C=O) groups is 3. The predicted octanol–water partition coefficient (Wildman–Crippen LogP) is 4.31. The van der Waals surface area contributed by atoms with E-state index in [1.807, 2.05) is 13.8 Å². The van der Waals surface area contributed by atoms with Gasteiger partial charge in [-0.3, -0.25) is 14.9 Å². The fourth-order valence-electron chi connectivity index (χ4n) is 3.07. The van der Waals surface area contributed by atoms with Gasteiger partial charge in [0.25, 0.3) is 11.8 Å². The molecule has 1 aliphatic heterocycles. The molecule has 1 N–H and O–H groups in total. The maximum Gasteiger partial charge on any atom is 0.335 e. The number of anilines is 1. The molecule has 2 aromatic carbocycles. The van der Waals surface area contributed by atoms with E-state index < -0.39 is 17.8 Å². The first-order valence-electron chi connectivity index (χ1n) is 10.0. The van der Waals surface area contributed by atoms with Crippen LogP contribution in [0.3, 0.4) is 0 Å². The van der Waals surface area contributed by atoms with E-state index >= 15 is 0 Å². The van der Waals surface area contributed by atoms with Crippen LogP contribution in [0.15, 0.2) is 46.4 Å². The minimum Gasteiger partial charge on any atom is -0.497 e. The third-order valence-electron chi connectivity index (χ3n) is 4.53. The summed E-state index contributed by atoms with van der Waals surface area (Å²) >= 11 is 3.47. The molecule has 1 heterocycles. The van der Waals surface area contributed by atoms with Crippen LogP contribution in [0.25, 0.3) is 6.08 Å². The molecule has 32 heavy (non-hydrogen) atoms. The van der Waals surface area contributed by atoms with Gasteiger partial charge in [-0.15, -0.1) is 0 Å². The third-order valence-corrected chi connectivity index (χ3v) is 5.11. The van der Waals surface area contributed by atoms with Crippen LogP contribution in [0.1, 0.15) is 25.8 Å². The predicted molar refractivity (Wildman–Crippen MR) is 123 cm³/mol. The zero-order valence-electron chi connectivity index (χ0n) is 17.9. The lowest BCUT2D eigenvalue weighted by Gasteiger charge is -2.26. The minimum absolute atomic E-state index is 0.183. The first kappa shape index (κ1) is 23.3. The maximum absolute atomic E-state index is 13.1. The van der Waals surface area contributed by atoms with E-state index in [1.165, 1.54) is 13.2 Å². The summed E-state index contributed by atoms with van der Waals surface area (Å²) < 4.78 is 17.2. The number of nitrogens with zero attached hydrogens (tertiary/aromatic N) is 1. The van der Waals surface area contributed by atoms with E-state index in [-0.39, 0.29) is 5.57 Å². The normalized spacial score (nSPS) is 15.1. The molecule has 168 valence electrons. The average molecular weight is 503 g/mol. The number of benzene rings is 2. The van der Waals surface area contributed by atoms with Crippen LogP contribution < -0.4 is 24.4 Å². The standard InChI is InChI=1S/C23H23BrN2O6/c1-4-10-32-20-18(24)12-14(13-19(20)31-5-2)11-17-21(27)25-23(29)26(22(17)28)15-6-8-16(30-3)9-7-15/h6-9,11-13H,4-5,10H2,1-3H3,(H,25,27,29). The Morgan fingerprint density at radius 2 is 1.78 bits per heavy atom. The highest BCUT2D eigenvalue weighted by atomic mass is 79.9. The Morgan fingerprint density at radius 1 is 1.06 bits per heavy atom. The minimum atomic E-state index is -0.818. The van der Waals surface area contributed by atoms with Crippen LogP contribution in [0.4, 0.5) is 10.5 Å². The van der Waals surface area contributed by atoms with Crippen LogP contribution in [0.2, 0.25) is 0 Å². The summed E-state index contributed by atoms with van der Waals surface area (Å²) in [5.41, 5.74) is 0.662. The number of ether oxygens (including phenoxy) is 3. The number of hydrogen-bond donors (Lipinski definition) is 1. The van der Waals surface area contributed by atoms with Gasteiger partial charge in [0.2, 0.25) is 0 Å². The number of methoxy groups -OCH3 is 1. The number of barbiturate groups is 1. The Morgan fingerprint density at radius 3 is 2.41 bits per heavy atom. The van der Waals surface area contributed by atoms with Gasteiger partial charge in [0, 0.05) is 0 Å². The van der Waals surface area contributed by atoms with E-state index in [1.54, 1.807) is 36.4 Å². The van der Waals surface area contributed by atoms with Crippen molar-refractivity contribution in [3.63, 3.8) is 0 Å². The number of rotatable bonds is 8. The first-order valence-corrected chi connectivity index (χ1v) is 10.8. The molecular weight excluding hydrogens is 480 g/mol. The molecule has 0 spiro atoms. The van der Waals surface area contributed by atoms with Gasteiger partial charge >= 0.3 is 6.03 Å². The fourth-order valence-corrected chi connectivity index (χ4v) is 3.64. The molecule has 2 aromatic rings. The summed E-state index contributed by atoms with van der Waals surface area (Å²) in [6.07, 6.45) is 2.24. The number of hydrogen-bond acceptors (Lipinski definition) is 6. The Bertz CT molecular complexity index is 1060. The summed E-state index contributed by atoms with van der Waals surface area (Å²) in [4.78, 5) is 38.8. The highest BCUT2D eigenvalue weighted by Gasteiger charge is 2.36. The number of halogens is 1. The van der Waals surface area contributed by atoms with E-state index in [0.29, 0.717) is 46.2 Å². The molecule has 9 heteroatoms. The number of amides is 4. The SMILES string of the molecule is CCCOc1c(Br)cc(C=C2C(=O)NC(=O)N(c3ccc(OC)cc3)C2=O)cc1OCC. The Labute approximate surface area is 194 Å². The van der Waals surface area contributed by atoms with Crippen molar-refractivity contribution in [2.45, 2.75) is 20.3 Å². The van der Waals surface area contributed by atoms with Gasteiger partial charge in [-0.2, -0.15) is 0 Å². The Hall–Kier alpha value is -3.33. The van der Waals surface area contributed by atoms with Crippen molar-refractivity contribution < 1.29 is 28.6 Å². The zero-order chi connectivity index (χ0) is 23.3. The molecule has 0 aromatic heterocycles. The van der Waals surface area contributed by atoms with Crippen LogP contribution in [-0.2, 0) is 9.59 Å². The van der Waals surface area contributed by atoms with Gasteiger partial charge in [-0.1, -0.05) is 6.92 Å². The van der Waals surface area contributed by atoms with E-state index in [4.69, 9.17) is 14.2 Å². The van der Waals surface area contributed by atoms with Gasteiger partial charge in [0.15, 0.2) is 11.5 Å². The molecule has 4 amide bonds. The smallest absolute Gasteiger partial charge is 0.335 e. The number of urea groups is 1. The molecular formula is C23H23BrN2O6. The average Bonchev–Trinajstić information content (AvgIpc) is 2.76. The molecule has 0 saturated carbocycles. The molecule has 8 nitrogen and oxygen atoms in total. The van der Waals surface area contributed by atoms with Gasteiger partial charge in [0.05, 0.1) is 30.5 Å². The summed E-state index contributed by atoms with van der Waals surface area (Å²) in [5, 5.41) is 2.21. The topological polar surface area (TPSA) is 94.2 Å². The number of nitrogens with one attached hydrogen (secondary N) is 1. The van der Waals surface area contributed by atoms with Crippen LogP contribution >= 0.6 is 15.9 Å². The van der Waals surface area contributed by atoms with Crippen molar-refractivity contribution in [2.24, 2.45) is 0 Å². The second kappa shape index (κ2) is 10.3. The molecule has 0 unspecified atom stereocenters. The molecule has 0 atom stereocenters. The maximum atomic E-state index is 13.1. The lowest BCUT2D eigenvalue weighted by atomic mass is 10.1. The largest absolute Gasteiger partial charge is 0.497 e. The first-order chi connectivity index (χ1) is 15.4. The molecule has 3 rings (SSSR count). The lowest BCUT2D eigenvalue weighted by Crippen LogP contribution is -2.54. The van der Waals surface area contributed by atoms with Crippen LogP contribution in [0.5, 0.6) is 17.2 Å². The molecule has 0 bridgehead atoms. The summed E-state index contributed by atoms with van der Waals surface area (Å²) in [5.74, 6) is 0.0952. The highest BCUT2D eigenvalue weighted by molar-refractivity contribution is 9.10. The Kier molecular flexibility index (Phi) is 7.53. The second-order valence-electron chi connectivity index (χ2n) is 6.77. The van der Waals surface area contributed by atoms with Gasteiger partial charge < -0.3 is 14.2 Å². The lowest BCUT2D eigenvalue weighted by molar-refractivity contribution is -0.122. The summed E-state index contributed by atoms with van der Waals surface area (Å²) in [7, 11) is 1.51. The number of imide groups is 2. The molecule has 1 saturated heterocycles. The van der Waals surface area contributed by atoms with Crippen LogP contribution in [-0.4, -0.2) is 38.2 Å². The molecule has 1 fully saturated rings. The second-order valence-corrected chi connectivity index (χ2v) is 7.62. The highest BCUT2D eigenvalue weighted by Crippen LogP contribution is 2.38. The van der Waals surface area contributed by atoms with Gasteiger partial charge in [-0.05, 0) is 77.3 Å². The summed E-state index contributed by atoms with van der Waals surface area (Å²) in [6.45, 7) is 4.77. The zero-order valence-corrected chi connectivity index (χ0v) is 19.5. The van der Waals surface area contributed by atoms with Crippen molar-refractivity contribution >= 4 is 45.5 Å². The van der Waals surface area contributed by atoms with Crippen molar-refractivity contribution in [1.29, 1.82) is 0 Å². The van der Waals surface area contributed by atoms with Crippen LogP contribution in [0, 0.1) is 0 Å². The van der Waals surface area contributed by atoms with Crippen molar-refractivity contribution in [3.05, 3.63) is 52.0 Å². The van der Waals surface area contributed by atoms with Gasteiger partial charge in [-0.25, -0.2) is 9.69 Å². The van der Waals surface area contributed by atoms with E-state index in [0.717, 1.165) is 11.3 Å². The van der Waals surface area contributed by atoms with Gasteiger partial charge in [0.1, 0.15) is 11.3 Å². The quantitative estimate of drug-likeness (QED) is 0.426. The summed E-state index contributed by atoms with van der Waals surface area (Å²) in [6, 6.07) is 8.95. The van der Waals surface area contributed by atoms with E-state index in [2.05, 4.69) is 21.2 Å².